The number of likely N-dealkylation sites (tertiary alicyclic amines) is 1. The lowest BCUT2D eigenvalue weighted by atomic mass is 9.79. The second kappa shape index (κ2) is 6.52. The molecule has 1 aromatic carbocycles. The van der Waals surface area contributed by atoms with Crippen LogP contribution < -0.4 is 0 Å². The molecule has 2 aromatic rings. The summed E-state index contributed by atoms with van der Waals surface area (Å²) in [6.07, 6.45) is 6.83. The number of aromatic nitrogens is 2. The van der Waals surface area contributed by atoms with Crippen LogP contribution in [0.3, 0.4) is 0 Å². The summed E-state index contributed by atoms with van der Waals surface area (Å²) in [6, 6.07) is 6.49. The fourth-order valence-corrected chi connectivity index (χ4v) is 5.14. The van der Waals surface area contributed by atoms with Crippen molar-refractivity contribution in [3.8, 4) is 0 Å². The number of carbonyl (C=O) groups excluding carboxylic acids is 1. The van der Waals surface area contributed by atoms with Gasteiger partial charge in [0.25, 0.3) is 0 Å². The topological polar surface area (TPSA) is 38.1 Å². The van der Waals surface area contributed by atoms with E-state index in [0.29, 0.717) is 24.2 Å². The highest BCUT2D eigenvalue weighted by atomic mass is 79.9. The van der Waals surface area contributed by atoms with Gasteiger partial charge in [-0.1, -0.05) is 35.8 Å². The molecular weight excluding hydrogens is 390 g/mol. The second-order valence-electron chi connectivity index (χ2n) is 8.55. The Kier molecular flexibility index (Phi) is 4.46. The smallest absolute Gasteiger partial charge is 0.223 e. The van der Waals surface area contributed by atoms with Gasteiger partial charge >= 0.3 is 0 Å². The molecule has 4 rings (SSSR count). The maximum atomic E-state index is 13.0. The van der Waals surface area contributed by atoms with Gasteiger partial charge in [0.15, 0.2) is 0 Å². The number of benzene rings is 1. The average molecular weight is 416 g/mol. The quantitative estimate of drug-likeness (QED) is 0.750. The lowest BCUT2D eigenvalue weighted by Crippen LogP contribution is -2.31. The first-order valence-corrected chi connectivity index (χ1v) is 10.2. The summed E-state index contributed by atoms with van der Waals surface area (Å²) in [4.78, 5) is 15.1. The maximum Gasteiger partial charge on any atom is 0.223 e. The molecule has 0 N–H and O–H groups in total. The fraction of sp³-hybridized carbons (Fsp3) is 0.524. The molecule has 1 saturated heterocycles. The molecule has 0 radical (unpaired) electrons. The summed E-state index contributed by atoms with van der Waals surface area (Å²) in [5.74, 6) is 1.02. The zero-order valence-electron chi connectivity index (χ0n) is 15.7. The molecule has 2 aliphatic rings. The van der Waals surface area contributed by atoms with Crippen molar-refractivity contribution in [1.82, 2.24) is 14.7 Å². The van der Waals surface area contributed by atoms with Gasteiger partial charge in [-0.3, -0.25) is 9.48 Å². The lowest BCUT2D eigenvalue weighted by Gasteiger charge is -2.24. The number of nitrogens with zero attached hydrogens (tertiary/aromatic N) is 3. The Bertz CT molecular complexity index is 842. The second-order valence-corrected chi connectivity index (χ2v) is 9.46. The summed E-state index contributed by atoms with van der Waals surface area (Å²) in [5, 5.41) is 4.32. The summed E-state index contributed by atoms with van der Waals surface area (Å²) >= 11 is 3.55. The van der Waals surface area contributed by atoms with Crippen LogP contribution in [0.4, 0.5) is 0 Å². The van der Waals surface area contributed by atoms with E-state index in [2.05, 4.69) is 64.2 Å². The first-order chi connectivity index (χ1) is 12.3. The third-order valence-corrected chi connectivity index (χ3v) is 6.65. The Balaban J connectivity index is 1.47. The van der Waals surface area contributed by atoms with Crippen molar-refractivity contribution in [3.63, 3.8) is 0 Å². The van der Waals surface area contributed by atoms with Crippen LogP contribution >= 0.6 is 15.9 Å². The van der Waals surface area contributed by atoms with Gasteiger partial charge in [0.2, 0.25) is 5.91 Å². The average Bonchev–Trinajstić information content (AvgIpc) is 3.24. The molecule has 4 nitrogen and oxygen atoms in total. The van der Waals surface area contributed by atoms with Gasteiger partial charge in [-0.05, 0) is 53.0 Å². The number of rotatable bonds is 3. The van der Waals surface area contributed by atoms with Crippen molar-refractivity contribution in [2.45, 2.75) is 44.9 Å². The maximum absolute atomic E-state index is 13.0. The van der Waals surface area contributed by atoms with Gasteiger partial charge in [0.1, 0.15) is 0 Å². The van der Waals surface area contributed by atoms with E-state index in [0.717, 1.165) is 30.4 Å². The minimum Gasteiger partial charge on any atom is -0.341 e. The Labute approximate surface area is 163 Å². The van der Waals surface area contributed by atoms with Crippen molar-refractivity contribution in [1.29, 1.82) is 0 Å². The van der Waals surface area contributed by atoms with Crippen molar-refractivity contribution in [2.24, 2.45) is 12.5 Å². The van der Waals surface area contributed by atoms with E-state index in [1.807, 2.05) is 17.9 Å². The third kappa shape index (κ3) is 3.22. The molecule has 2 unspecified atom stereocenters. The normalized spacial score (nSPS) is 24.1. The Morgan fingerprint density at radius 1 is 1.38 bits per heavy atom. The molecule has 2 heterocycles. The molecule has 2 atom stereocenters. The fourth-order valence-electron chi connectivity index (χ4n) is 4.73. The van der Waals surface area contributed by atoms with Crippen LogP contribution in [0.1, 0.15) is 55.2 Å². The third-order valence-electron chi connectivity index (χ3n) is 6.15. The number of fused-ring (bicyclic) bond motifs is 1. The van der Waals surface area contributed by atoms with Gasteiger partial charge in [0, 0.05) is 43.1 Å². The molecule has 1 fully saturated rings. The number of hydrogen-bond donors (Lipinski definition) is 0. The highest BCUT2D eigenvalue weighted by Gasteiger charge is 2.43. The standard InChI is InChI=1S/C21H26BrN3O/c1-21(2)13-25(12-19(21)16-10-23-24(3)11-16)20(26)9-15-5-4-14-8-17(22)6-7-18(14)15/h6-8,10-11,15,19H,4-5,9,12-13H2,1-3H3. The van der Waals surface area contributed by atoms with E-state index >= 15 is 0 Å². The van der Waals surface area contributed by atoms with Crippen LogP contribution in [0.5, 0.6) is 0 Å². The number of aryl methyl sites for hydroxylation is 2. The lowest BCUT2D eigenvalue weighted by molar-refractivity contribution is -0.130. The predicted octanol–water partition coefficient (Wildman–Crippen LogP) is 4.25. The molecule has 0 saturated carbocycles. The summed E-state index contributed by atoms with van der Waals surface area (Å²) in [7, 11) is 1.95. The highest BCUT2D eigenvalue weighted by Crippen LogP contribution is 2.43. The SMILES string of the molecule is Cn1cc(C2CN(C(=O)CC3CCc4cc(Br)ccc43)CC2(C)C)cn1. The van der Waals surface area contributed by atoms with Gasteiger partial charge in [-0.15, -0.1) is 0 Å². The predicted molar refractivity (Wildman–Crippen MR) is 106 cm³/mol. The molecule has 1 aromatic heterocycles. The van der Waals surface area contributed by atoms with Crippen molar-refractivity contribution >= 4 is 21.8 Å². The zero-order valence-corrected chi connectivity index (χ0v) is 17.3. The molecule has 0 spiro atoms. The van der Waals surface area contributed by atoms with E-state index in [9.17, 15) is 4.79 Å². The molecule has 138 valence electrons. The monoisotopic (exact) mass is 415 g/mol. The van der Waals surface area contributed by atoms with Gasteiger partial charge < -0.3 is 4.90 Å². The van der Waals surface area contributed by atoms with E-state index in [-0.39, 0.29) is 5.41 Å². The van der Waals surface area contributed by atoms with Crippen molar-refractivity contribution in [2.75, 3.05) is 13.1 Å². The number of halogens is 1. The van der Waals surface area contributed by atoms with Crippen LogP contribution in [-0.4, -0.2) is 33.7 Å². The van der Waals surface area contributed by atoms with Crippen LogP contribution in [0.2, 0.25) is 0 Å². The molecule has 1 amide bonds. The molecule has 0 bridgehead atoms. The summed E-state index contributed by atoms with van der Waals surface area (Å²) in [6.45, 7) is 6.16. The van der Waals surface area contributed by atoms with Gasteiger partial charge in [-0.25, -0.2) is 0 Å². The minimum absolute atomic E-state index is 0.0805. The molecule has 1 aliphatic carbocycles. The van der Waals surface area contributed by atoms with Crippen molar-refractivity contribution in [3.05, 3.63) is 51.8 Å². The Morgan fingerprint density at radius 3 is 2.92 bits per heavy atom. The minimum atomic E-state index is 0.0805. The van der Waals surface area contributed by atoms with Crippen molar-refractivity contribution < 1.29 is 4.79 Å². The summed E-state index contributed by atoms with van der Waals surface area (Å²) in [5.41, 5.74) is 4.08. The molecular formula is C21H26BrN3O. The van der Waals surface area contributed by atoms with E-state index in [1.54, 1.807) is 0 Å². The number of carbonyl (C=O) groups is 1. The van der Waals surface area contributed by atoms with Crippen LogP contribution in [0.25, 0.3) is 0 Å². The highest BCUT2D eigenvalue weighted by molar-refractivity contribution is 9.10. The number of amides is 1. The Hall–Kier alpha value is -1.62. The molecule has 26 heavy (non-hydrogen) atoms. The van der Waals surface area contributed by atoms with Crippen LogP contribution in [0, 0.1) is 5.41 Å². The van der Waals surface area contributed by atoms with Gasteiger partial charge in [0.05, 0.1) is 6.20 Å². The zero-order chi connectivity index (χ0) is 18.5. The molecule has 5 heteroatoms. The van der Waals surface area contributed by atoms with E-state index in [1.165, 1.54) is 16.7 Å². The largest absolute Gasteiger partial charge is 0.341 e. The van der Waals surface area contributed by atoms with Gasteiger partial charge in [-0.2, -0.15) is 5.10 Å². The van der Waals surface area contributed by atoms with Crippen LogP contribution in [-0.2, 0) is 18.3 Å². The molecule has 1 aliphatic heterocycles. The Morgan fingerprint density at radius 2 is 2.19 bits per heavy atom. The summed E-state index contributed by atoms with van der Waals surface area (Å²) < 4.78 is 2.98. The van der Waals surface area contributed by atoms with E-state index < -0.39 is 0 Å². The van der Waals surface area contributed by atoms with E-state index in [4.69, 9.17) is 0 Å². The first kappa shape index (κ1) is 17.8. The number of hydrogen-bond acceptors (Lipinski definition) is 2. The first-order valence-electron chi connectivity index (χ1n) is 9.38. The van der Waals surface area contributed by atoms with Crippen LogP contribution in [0.15, 0.2) is 35.1 Å².